The second-order valence-corrected chi connectivity index (χ2v) is 8.41. The number of amides is 2. The maximum atomic E-state index is 12.5. The van der Waals surface area contributed by atoms with E-state index in [1.54, 1.807) is 25.2 Å². The van der Waals surface area contributed by atoms with Crippen molar-refractivity contribution >= 4 is 11.8 Å². The van der Waals surface area contributed by atoms with Crippen LogP contribution >= 0.6 is 0 Å². The van der Waals surface area contributed by atoms with Gasteiger partial charge in [-0.05, 0) is 57.3 Å². The lowest BCUT2D eigenvalue weighted by Gasteiger charge is -2.29. The molecule has 0 aliphatic heterocycles. The van der Waals surface area contributed by atoms with Gasteiger partial charge in [0.15, 0.2) is 0 Å². The van der Waals surface area contributed by atoms with Crippen molar-refractivity contribution in [1.82, 2.24) is 20.2 Å². The first kappa shape index (κ1) is 20.5. The number of allylic oxidation sites excluding steroid dienone is 2. The van der Waals surface area contributed by atoms with Crippen molar-refractivity contribution in [3.05, 3.63) is 35.4 Å². The second-order valence-electron chi connectivity index (χ2n) is 8.41. The highest BCUT2D eigenvalue weighted by Crippen LogP contribution is 2.36. The quantitative estimate of drug-likeness (QED) is 0.764. The van der Waals surface area contributed by atoms with Gasteiger partial charge < -0.3 is 10.2 Å². The van der Waals surface area contributed by atoms with Crippen LogP contribution in [0.4, 0.5) is 0 Å². The predicted octanol–water partition coefficient (Wildman–Crippen LogP) is 3.23. The van der Waals surface area contributed by atoms with E-state index in [2.05, 4.69) is 27.4 Å². The second kappa shape index (κ2) is 9.30. The largest absolute Gasteiger partial charge is 0.356 e. The summed E-state index contributed by atoms with van der Waals surface area (Å²) in [6, 6.07) is 0. The predicted molar refractivity (Wildman–Crippen MR) is 109 cm³/mol. The van der Waals surface area contributed by atoms with Crippen LogP contribution in [0.5, 0.6) is 0 Å². The summed E-state index contributed by atoms with van der Waals surface area (Å²) >= 11 is 0. The van der Waals surface area contributed by atoms with Crippen molar-refractivity contribution in [2.45, 2.75) is 57.8 Å². The zero-order valence-electron chi connectivity index (χ0n) is 17.3. The van der Waals surface area contributed by atoms with Crippen molar-refractivity contribution in [2.24, 2.45) is 11.8 Å². The van der Waals surface area contributed by atoms with E-state index in [1.165, 1.54) is 0 Å². The molecule has 6 nitrogen and oxygen atoms in total. The average Bonchev–Trinajstić information content (AvgIpc) is 3.19. The molecule has 0 radical (unpaired) electrons. The number of rotatable bonds is 6. The Morgan fingerprint density at radius 1 is 1.18 bits per heavy atom. The van der Waals surface area contributed by atoms with E-state index in [0.29, 0.717) is 29.6 Å². The Kier molecular flexibility index (Phi) is 6.81. The first-order chi connectivity index (χ1) is 13.4. The summed E-state index contributed by atoms with van der Waals surface area (Å²) in [5, 5.41) is 3.13. The number of aryl methyl sites for hydroxylation is 1. The minimum atomic E-state index is -0.0367. The van der Waals surface area contributed by atoms with Crippen LogP contribution in [0.2, 0.25) is 0 Å². The molecule has 1 heterocycles. The Morgan fingerprint density at radius 2 is 1.93 bits per heavy atom. The van der Waals surface area contributed by atoms with Crippen LogP contribution in [-0.2, 0) is 4.79 Å². The molecule has 0 spiro atoms. The standard InChI is InChI=1S/C22H32N4O2/c1-15-23-14-19(22(28)26(2)3)21(25-15)18-10-8-17(9-11-18)13-24-20(27)12-16-6-4-5-7-16/h4,6,14,16-18H,5,7-13H2,1-3H3,(H,24,27)/t16-,17?,18?/m1/s1. The van der Waals surface area contributed by atoms with Gasteiger partial charge in [0, 0.05) is 39.2 Å². The molecule has 152 valence electrons. The SMILES string of the molecule is Cc1ncc(C(=O)N(C)C)c(C2CCC(CNC(=O)C[C@@H]3C=CCC3)CC2)n1. The van der Waals surface area contributed by atoms with Crippen LogP contribution in [0.3, 0.4) is 0 Å². The highest BCUT2D eigenvalue weighted by Gasteiger charge is 2.28. The summed E-state index contributed by atoms with van der Waals surface area (Å²) in [5.41, 5.74) is 1.51. The zero-order valence-corrected chi connectivity index (χ0v) is 17.3. The fourth-order valence-corrected chi connectivity index (χ4v) is 4.28. The Labute approximate surface area is 167 Å². The number of nitrogens with zero attached hydrogens (tertiary/aromatic N) is 3. The number of hydrogen-bond acceptors (Lipinski definition) is 4. The molecule has 1 aromatic heterocycles. The molecule has 3 rings (SSSR count). The number of hydrogen-bond donors (Lipinski definition) is 1. The van der Waals surface area contributed by atoms with Crippen LogP contribution in [-0.4, -0.2) is 47.3 Å². The van der Waals surface area contributed by atoms with Gasteiger partial charge in [0.25, 0.3) is 5.91 Å². The third kappa shape index (κ3) is 5.18. The van der Waals surface area contributed by atoms with Crippen LogP contribution in [0.15, 0.2) is 18.3 Å². The number of aromatic nitrogens is 2. The zero-order chi connectivity index (χ0) is 20.1. The van der Waals surface area contributed by atoms with Crippen molar-refractivity contribution in [3.8, 4) is 0 Å². The molecule has 1 N–H and O–H groups in total. The Hall–Kier alpha value is -2.24. The van der Waals surface area contributed by atoms with Gasteiger partial charge in [-0.3, -0.25) is 9.59 Å². The molecular formula is C22H32N4O2. The van der Waals surface area contributed by atoms with E-state index in [-0.39, 0.29) is 17.7 Å². The van der Waals surface area contributed by atoms with Crippen molar-refractivity contribution in [3.63, 3.8) is 0 Å². The van der Waals surface area contributed by atoms with E-state index in [9.17, 15) is 9.59 Å². The van der Waals surface area contributed by atoms with Gasteiger partial charge in [-0.15, -0.1) is 0 Å². The topological polar surface area (TPSA) is 75.2 Å². The Bertz CT molecular complexity index is 736. The van der Waals surface area contributed by atoms with Crippen molar-refractivity contribution in [2.75, 3.05) is 20.6 Å². The van der Waals surface area contributed by atoms with Gasteiger partial charge >= 0.3 is 0 Å². The Balaban J connectivity index is 1.52. The van der Waals surface area contributed by atoms with Crippen LogP contribution in [0.25, 0.3) is 0 Å². The van der Waals surface area contributed by atoms with E-state index in [1.807, 2.05) is 6.92 Å². The summed E-state index contributed by atoms with van der Waals surface area (Å²) in [7, 11) is 3.51. The van der Waals surface area contributed by atoms with Gasteiger partial charge in [-0.1, -0.05) is 12.2 Å². The number of carbonyl (C=O) groups is 2. The molecule has 1 aromatic rings. The summed E-state index contributed by atoms with van der Waals surface area (Å²) in [5.74, 6) is 2.06. The van der Waals surface area contributed by atoms with Crippen LogP contribution < -0.4 is 5.32 Å². The molecule has 28 heavy (non-hydrogen) atoms. The molecule has 2 aliphatic rings. The van der Waals surface area contributed by atoms with Crippen molar-refractivity contribution in [1.29, 1.82) is 0 Å². The minimum Gasteiger partial charge on any atom is -0.356 e. The highest BCUT2D eigenvalue weighted by atomic mass is 16.2. The van der Waals surface area contributed by atoms with Gasteiger partial charge in [0.1, 0.15) is 5.82 Å². The van der Waals surface area contributed by atoms with Crippen molar-refractivity contribution < 1.29 is 9.59 Å². The van der Waals surface area contributed by atoms with E-state index in [4.69, 9.17) is 0 Å². The van der Waals surface area contributed by atoms with E-state index >= 15 is 0 Å². The normalized spacial score (nSPS) is 24.2. The molecular weight excluding hydrogens is 352 g/mol. The maximum Gasteiger partial charge on any atom is 0.256 e. The molecule has 2 aliphatic carbocycles. The van der Waals surface area contributed by atoms with E-state index < -0.39 is 0 Å². The maximum absolute atomic E-state index is 12.5. The molecule has 1 saturated carbocycles. The smallest absolute Gasteiger partial charge is 0.256 e. The first-order valence-electron chi connectivity index (χ1n) is 10.4. The molecule has 2 amide bonds. The summed E-state index contributed by atoms with van der Waals surface area (Å²) in [6.07, 6.45) is 12.9. The summed E-state index contributed by atoms with van der Waals surface area (Å²) in [6.45, 7) is 2.63. The number of carbonyl (C=O) groups excluding carboxylic acids is 2. The van der Waals surface area contributed by atoms with Gasteiger partial charge in [0.2, 0.25) is 5.91 Å². The molecule has 0 unspecified atom stereocenters. The fourth-order valence-electron chi connectivity index (χ4n) is 4.28. The lowest BCUT2D eigenvalue weighted by atomic mass is 9.79. The van der Waals surface area contributed by atoms with Gasteiger partial charge in [0.05, 0.1) is 11.3 Å². The molecule has 0 saturated heterocycles. The first-order valence-corrected chi connectivity index (χ1v) is 10.4. The summed E-state index contributed by atoms with van der Waals surface area (Å²) < 4.78 is 0. The lowest BCUT2D eigenvalue weighted by Crippen LogP contribution is -2.32. The number of nitrogens with one attached hydrogen (secondary N) is 1. The third-order valence-corrected chi connectivity index (χ3v) is 5.96. The molecule has 1 atom stereocenters. The molecule has 0 bridgehead atoms. The average molecular weight is 385 g/mol. The molecule has 1 fully saturated rings. The van der Waals surface area contributed by atoms with E-state index in [0.717, 1.165) is 50.8 Å². The monoisotopic (exact) mass is 384 g/mol. The fraction of sp³-hybridized carbons (Fsp3) is 0.636. The highest BCUT2D eigenvalue weighted by molar-refractivity contribution is 5.94. The van der Waals surface area contributed by atoms with Gasteiger partial charge in [-0.2, -0.15) is 0 Å². The lowest BCUT2D eigenvalue weighted by molar-refractivity contribution is -0.121. The molecule has 6 heteroatoms. The third-order valence-electron chi connectivity index (χ3n) is 5.96. The van der Waals surface area contributed by atoms with Crippen LogP contribution in [0, 0.1) is 18.8 Å². The Morgan fingerprint density at radius 3 is 2.57 bits per heavy atom. The van der Waals surface area contributed by atoms with Crippen LogP contribution in [0.1, 0.15) is 72.7 Å². The van der Waals surface area contributed by atoms with Gasteiger partial charge in [-0.25, -0.2) is 9.97 Å². The molecule has 0 aromatic carbocycles. The minimum absolute atomic E-state index is 0.0367. The summed E-state index contributed by atoms with van der Waals surface area (Å²) in [4.78, 5) is 35.1.